The maximum atomic E-state index is 7.72. The summed E-state index contributed by atoms with van der Waals surface area (Å²) in [5, 5.41) is 0. The Morgan fingerprint density at radius 1 is 0.625 bits per heavy atom. The van der Waals surface area contributed by atoms with E-state index in [1.807, 2.05) is 0 Å². The van der Waals surface area contributed by atoms with Crippen LogP contribution in [-0.4, -0.2) is 37.7 Å². The normalized spacial score (nSPS) is 2.25. The summed E-state index contributed by atoms with van der Waals surface area (Å²) in [5.74, 6) is 0. The first kappa shape index (κ1) is 31.7. The van der Waals surface area contributed by atoms with E-state index in [1.165, 1.54) is 0 Å². The fourth-order valence-corrected chi connectivity index (χ4v) is 0. The van der Waals surface area contributed by atoms with Crippen LogP contribution in [-0.2, 0) is 0 Å². The molecule has 2 radical (unpaired) electrons. The molecule has 0 aliphatic heterocycles. The first-order chi connectivity index (χ1) is 3.00. The molecule has 0 aromatic rings. The van der Waals surface area contributed by atoms with E-state index in [2.05, 4.69) is 35.6 Å². The zero-order valence-corrected chi connectivity index (χ0v) is 8.68. The maximum Gasteiger partial charge on any atom is 2.00 e. The van der Waals surface area contributed by atoms with E-state index in [9.17, 15) is 0 Å². The maximum absolute atomic E-state index is 7.72. The molecule has 0 unspecified atom stereocenters. The number of halogens is 4. The minimum absolute atomic E-state index is 0. The van der Waals surface area contributed by atoms with Gasteiger partial charge in [0.15, 0.2) is 0 Å². The van der Waals surface area contributed by atoms with Crippen molar-refractivity contribution in [2.24, 2.45) is 0 Å². The molecule has 0 amide bonds. The molecule has 3 nitrogen and oxygen atoms in total. The summed E-state index contributed by atoms with van der Waals surface area (Å²) >= 11 is 10.2. The van der Waals surface area contributed by atoms with Crippen LogP contribution in [0.3, 0.4) is 0 Å². The van der Waals surface area contributed by atoms with Gasteiger partial charge in [0.2, 0.25) is 0 Å². The topological polar surface area (TPSA) is 69.2 Å². The van der Waals surface area contributed by atoms with E-state index < -0.39 is 0 Å². The SMILES string of the molecule is [Ca+2].[Cl+].[O-]Cl.[O-]Cl.[O-]Cl. The summed E-state index contributed by atoms with van der Waals surface area (Å²) in [4.78, 5) is 0. The van der Waals surface area contributed by atoms with Gasteiger partial charge < -0.3 is 14.0 Å². The van der Waals surface area contributed by atoms with Crippen LogP contribution in [0.5, 0.6) is 0 Å². The molecule has 0 saturated carbocycles. The van der Waals surface area contributed by atoms with Gasteiger partial charge in [-0.15, -0.1) is 0 Å². The molecule has 8 heavy (non-hydrogen) atoms. The summed E-state index contributed by atoms with van der Waals surface area (Å²) in [6.07, 6.45) is 0. The third-order valence-corrected chi connectivity index (χ3v) is 0. The Bertz CT molecular complexity index is 11.2. The van der Waals surface area contributed by atoms with Gasteiger partial charge in [-0.2, -0.15) is 0 Å². The van der Waals surface area contributed by atoms with Crippen molar-refractivity contribution in [2.75, 3.05) is 0 Å². The Kier molecular flexibility index (Phi) is 480. The van der Waals surface area contributed by atoms with Crippen LogP contribution >= 0.6 is 35.6 Å². The Labute approximate surface area is 98.5 Å². The molecule has 8 heteroatoms. The van der Waals surface area contributed by atoms with Crippen molar-refractivity contribution in [2.45, 2.75) is 0 Å². The predicted molar refractivity (Wildman–Crippen MR) is 23.3 cm³/mol. The Balaban J connectivity index is -0.00000000500. The molecule has 0 heterocycles. The first-order valence-electron chi connectivity index (χ1n) is 0.463. The van der Waals surface area contributed by atoms with Crippen molar-refractivity contribution in [3.8, 4) is 0 Å². The van der Waals surface area contributed by atoms with Gasteiger partial charge in [-0.1, -0.05) is 0 Å². The van der Waals surface area contributed by atoms with Gasteiger partial charge in [-0.05, 0) is 0 Å². The molecule has 48 valence electrons. The van der Waals surface area contributed by atoms with Gasteiger partial charge in [-0.3, -0.25) is 0 Å². The molecule has 0 aromatic heterocycles. The van der Waals surface area contributed by atoms with Crippen LogP contribution in [0.25, 0.3) is 0 Å². The van der Waals surface area contributed by atoms with Crippen LogP contribution in [0, 0.1) is 12.4 Å². The van der Waals surface area contributed by atoms with Crippen LogP contribution in [0.4, 0.5) is 0 Å². The molecule has 0 saturated heterocycles. The third-order valence-electron chi connectivity index (χ3n) is 0. The summed E-state index contributed by atoms with van der Waals surface area (Å²) in [6.45, 7) is 0. The molecule has 0 bridgehead atoms. The average Bonchev–Trinajstić information content (AvgIpc) is 1.81. The molecule has 0 aliphatic carbocycles. The predicted octanol–water partition coefficient (Wildman–Crippen LogP) is -1.88. The fourth-order valence-electron chi connectivity index (χ4n) is 0. The smallest absolute Gasteiger partial charge is 0.769 e. The van der Waals surface area contributed by atoms with Crippen LogP contribution in [0.2, 0.25) is 0 Å². The van der Waals surface area contributed by atoms with Crippen molar-refractivity contribution >= 4 is 73.3 Å². The van der Waals surface area contributed by atoms with Crippen molar-refractivity contribution in [1.82, 2.24) is 0 Å². The number of rotatable bonds is 0. The van der Waals surface area contributed by atoms with Gasteiger partial charge >= 0.3 is 50.1 Å². The number of hydrogen-bond donors (Lipinski definition) is 0. The summed E-state index contributed by atoms with van der Waals surface area (Å²) in [7, 11) is 0. The van der Waals surface area contributed by atoms with Gasteiger partial charge in [-0.25, -0.2) is 35.6 Å². The summed E-state index contributed by atoms with van der Waals surface area (Å²) in [6, 6.07) is 0. The molecule has 0 aliphatic rings. The monoisotopic (exact) mass is 228 g/mol. The van der Waals surface area contributed by atoms with Crippen molar-refractivity contribution in [1.29, 1.82) is 0 Å². The molecule has 0 rings (SSSR count). The number of hydrogen-bond acceptors (Lipinski definition) is 3. The minimum atomic E-state index is 0. The van der Waals surface area contributed by atoms with Gasteiger partial charge in [0.25, 0.3) is 0 Å². The summed E-state index contributed by atoms with van der Waals surface area (Å²) in [5.41, 5.74) is 0. The second-order valence-electron chi connectivity index (χ2n) is 0. The van der Waals surface area contributed by atoms with Crippen molar-refractivity contribution < 1.29 is 26.4 Å². The van der Waals surface area contributed by atoms with E-state index in [-0.39, 0.29) is 50.1 Å². The van der Waals surface area contributed by atoms with E-state index in [0.717, 1.165) is 0 Å². The van der Waals surface area contributed by atoms with E-state index >= 15 is 0 Å². The first-order valence-corrected chi connectivity index (χ1v) is 1.39. The third kappa shape index (κ3) is 83.6. The fraction of sp³-hybridized carbons (Fsp3) is 0. The van der Waals surface area contributed by atoms with Crippen LogP contribution in [0.15, 0.2) is 0 Å². The van der Waals surface area contributed by atoms with Gasteiger partial charge in [0.05, 0.1) is 0 Å². The zero-order chi connectivity index (χ0) is 6.00. The Morgan fingerprint density at radius 3 is 0.625 bits per heavy atom. The molecular weight excluding hydrogens is 230 g/mol. The molecule has 0 spiro atoms. The Morgan fingerprint density at radius 2 is 0.625 bits per heavy atom. The largest absolute Gasteiger partial charge is 2.00 e. The standard InChI is InChI=1S/Ca.3ClO.Cl/c;3*1-2;/q+2;3*-1;+1. The zero-order valence-electron chi connectivity index (χ0n) is 3.44. The quantitative estimate of drug-likeness (QED) is 0.457. The second kappa shape index (κ2) is 121. The van der Waals surface area contributed by atoms with Crippen molar-refractivity contribution in [3.63, 3.8) is 0 Å². The second-order valence-corrected chi connectivity index (χ2v) is 0. The molecule has 0 N–H and O–H groups in total. The van der Waals surface area contributed by atoms with Gasteiger partial charge in [0.1, 0.15) is 0 Å². The van der Waals surface area contributed by atoms with E-state index in [1.54, 1.807) is 0 Å². The van der Waals surface area contributed by atoms with Crippen LogP contribution in [0.1, 0.15) is 0 Å². The van der Waals surface area contributed by atoms with Gasteiger partial charge in [0, 0.05) is 0 Å². The molecule has 0 atom stereocenters. The molecule has 0 aromatic carbocycles. The summed E-state index contributed by atoms with van der Waals surface area (Å²) < 4.78 is 23.2. The minimum Gasteiger partial charge on any atom is -0.769 e. The Hall–Kier alpha value is 2.30. The molecular formula is CaCl4O3. The van der Waals surface area contributed by atoms with E-state index in [0.29, 0.717) is 0 Å². The van der Waals surface area contributed by atoms with Crippen molar-refractivity contribution in [3.05, 3.63) is 0 Å². The molecule has 0 fully saturated rings. The van der Waals surface area contributed by atoms with Crippen LogP contribution < -0.4 is 14.0 Å². The average molecular weight is 230 g/mol. The van der Waals surface area contributed by atoms with E-state index in [4.69, 9.17) is 14.0 Å².